The lowest BCUT2D eigenvalue weighted by atomic mass is 9.88. The number of ether oxygens (including phenoxy) is 2. The van der Waals surface area contributed by atoms with E-state index in [1.54, 1.807) is 14.2 Å². The monoisotopic (exact) mass is 345 g/mol. The normalized spacial score (nSPS) is 15.6. The fourth-order valence-electron chi connectivity index (χ4n) is 3.99. The Kier molecular flexibility index (Phi) is 4.37. The van der Waals surface area contributed by atoms with Gasteiger partial charge in [0.25, 0.3) is 0 Å². The topological polar surface area (TPSA) is 31.4 Å². The SMILES string of the molecule is COc1ccc(-c2cnc3c(c2C)C(c2ccc(OC)cc2)CC3)cc1. The van der Waals surface area contributed by atoms with Crippen molar-refractivity contribution >= 4 is 0 Å². The maximum atomic E-state index is 5.30. The predicted octanol–water partition coefficient (Wildman–Crippen LogP) is 5.15. The minimum atomic E-state index is 0.404. The zero-order valence-electron chi connectivity index (χ0n) is 15.5. The molecular weight excluding hydrogens is 322 g/mol. The molecule has 0 amide bonds. The van der Waals surface area contributed by atoms with E-state index >= 15 is 0 Å². The van der Waals surface area contributed by atoms with Gasteiger partial charge < -0.3 is 9.47 Å². The summed E-state index contributed by atoms with van der Waals surface area (Å²) in [5, 5.41) is 0. The third-order valence-electron chi connectivity index (χ3n) is 5.41. The predicted molar refractivity (Wildman–Crippen MR) is 104 cm³/mol. The third kappa shape index (κ3) is 2.84. The van der Waals surface area contributed by atoms with Crippen molar-refractivity contribution in [3.63, 3.8) is 0 Å². The van der Waals surface area contributed by atoms with Crippen molar-refractivity contribution in [1.29, 1.82) is 0 Å². The molecule has 1 aliphatic rings. The largest absolute Gasteiger partial charge is 0.497 e. The first-order chi connectivity index (χ1) is 12.7. The van der Waals surface area contributed by atoms with Crippen LogP contribution in [0.1, 0.15) is 34.7 Å². The number of aryl methyl sites for hydroxylation is 1. The van der Waals surface area contributed by atoms with Crippen molar-refractivity contribution in [3.8, 4) is 22.6 Å². The highest BCUT2D eigenvalue weighted by molar-refractivity contribution is 5.69. The van der Waals surface area contributed by atoms with Crippen LogP contribution in [0.5, 0.6) is 11.5 Å². The molecule has 132 valence electrons. The molecule has 4 rings (SSSR count). The van der Waals surface area contributed by atoms with E-state index in [2.05, 4.69) is 31.2 Å². The first kappa shape index (κ1) is 16.6. The maximum Gasteiger partial charge on any atom is 0.118 e. The average molecular weight is 345 g/mol. The van der Waals surface area contributed by atoms with Crippen LogP contribution >= 0.6 is 0 Å². The van der Waals surface area contributed by atoms with E-state index in [1.807, 2.05) is 30.5 Å². The number of hydrogen-bond acceptors (Lipinski definition) is 3. The molecule has 1 heterocycles. The molecule has 26 heavy (non-hydrogen) atoms. The van der Waals surface area contributed by atoms with Crippen LogP contribution in [0, 0.1) is 6.92 Å². The number of methoxy groups -OCH3 is 2. The highest BCUT2D eigenvalue weighted by atomic mass is 16.5. The molecule has 0 bridgehead atoms. The Morgan fingerprint density at radius 3 is 2.12 bits per heavy atom. The van der Waals surface area contributed by atoms with Gasteiger partial charge in [-0.15, -0.1) is 0 Å². The Hall–Kier alpha value is -2.81. The van der Waals surface area contributed by atoms with Crippen LogP contribution in [0.2, 0.25) is 0 Å². The quantitative estimate of drug-likeness (QED) is 0.655. The number of aromatic nitrogens is 1. The first-order valence-corrected chi connectivity index (χ1v) is 8.98. The number of rotatable bonds is 4. The lowest BCUT2D eigenvalue weighted by Gasteiger charge is -2.17. The van der Waals surface area contributed by atoms with E-state index < -0.39 is 0 Å². The van der Waals surface area contributed by atoms with Gasteiger partial charge in [-0.1, -0.05) is 24.3 Å². The summed E-state index contributed by atoms with van der Waals surface area (Å²) in [7, 11) is 3.39. The minimum absolute atomic E-state index is 0.404. The third-order valence-corrected chi connectivity index (χ3v) is 5.41. The number of pyridine rings is 1. The lowest BCUT2D eigenvalue weighted by Crippen LogP contribution is -2.02. The van der Waals surface area contributed by atoms with Crippen LogP contribution in [0.15, 0.2) is 54.7 Å². The summed E-state index contributed by atoms with van der Waals surface area (Å²) in [6.07, 6.45) is 4.17. The Labute approximate surface area is 154 Å². The maximum absolute atomic E-state index is 5.30. The van der Waals surface area contributed by atoms with Crippen LogP contribution < -0.4 is 9.47 Å². The fourth-order valence-corrected chi connectivity index (χ4v) is 3.99. The van der Waals surface area contributed by atoms with Gasteiger partial charge in [0.05, 0.1) is 14.2 Å². The van der Waals surface area contributed by atoms with E-state index in [0.717, 1.165) is 24.3 Å². The molecule has 0 aliphatic heterocycles. The number of nitrogens with zero attached hydrogens (tertiary/aromatic N) is 1. The zero-order chi connectivity index (χ0) is 18.1. The van der Waals surface area contributed by atoms with Gasteiger partial charge in [0.15, 0.2) is 0 Å². The standard InChI is InChI=1S/C23H23NO2/c1-15-21(17-6-10-19(26-3)11-7-17)14-24-22-13-12-20(23(15)22)16-4-8-18(25-2)9-5-16/h4-11,14,20H,12-13H2,1-3H3. The number of hydrogen-bond donors (Lipinski definition) is 0. The molecule has 0 radical (unpaired) electrons. The summed E-state index contributed by atoms with van der Waals surface area (Å²) < 4.78 is 10.6. The molecule has 1 unspecified atom stereocenters. The van der Waals surface area contributed by atoms with Crippen molar-refractivity contribution in [3.05, 3.63) is 77.1 Å². The van der Waals surface area contributed by atoms with E-state index in [4.69, 9.17) is 14.5 Å². The lowest BCUT2D eigenvalue weighted by molar-refractivity contribution is 0.414. The molecule has 3 nitrogen and oxygen atoms in total. The van der Waals surface area contributed by atoms with Crippen LogP contribution in [0.25, 0.3) is 11.1 Å². The van der Waals surface area contributed by atoms with Gasteiger partial charge in [-0.2, -0.15) is 0 Å². The molecule has 1 aliphatic carbocycles. The Bertz CT molecular complexity index is 914. The van der Waals surface area contributed by atoms with Crippen LogP contribution in [0.4, 0.5) is 0 Å². The Morgan fingerprint density at radius 1 is 0.885 bits per heavy atom. The Morgan fingerprint density at radius 2 is 1.50 bits per heavy atom. The second-order valence-electron chi connectivity index (χ2n) is 6.75. The van der Waals surface area contributed by atoms with E-state index in [-0.39, 0.29) is 0 Å². The van der Waals surface area contributed by atoms with E-state index in [9.17, 15) is 0 Å². The number of benzene rings is 2. The number of fused-ring (bicyclic) bond motifs is 1. The molecule has 0 N–H and O–H groups in total. The molecule has 1 atom stereocenters. The summed E-state index contributed by atoms with van der Waals surface area (Å²) in [6, 6.07) is 16.7. The van der Waals surface area contributed by atoms with Crippen molar-refractivity contribution in [2.45, 2.75) is 25.7 Å². The summed E-state index contributed by atoms with van der Waals surface area (Å²) >= 11 is 0. The van der Waals surface area contributed by atoms with Gasteiger partial charge >= 0.3 is 0 Å². The second kappa shape index (κ2) is 6.83. The van der Waals surface area contributed by atoms with Crippen molar-refractivity contribution in [2.24, 2.45) is 0 Å². The van der Waals surface area contributed by atoms with Crippen LogP contribution in [-0.4, -0.2) is 19.2 Å². The fraction of sp³-hybridized carbons (Fsp3) is 0.261. The van der Waals surface area contributed by atoms with Crippen molar-refractivity contribution in [1.82, 2.24) is 4.98 Å². The molecule has 0 saturated carbocycles. The van der Waals surface area contributed by atoms with Gasteiger partial charge in [0.1, 0.15) is 11.5 Å². The molecule has 3 aromatic rings. The average Bonchev–Trinajstić information content (AvgIpc) is 3.13. The molecule has 3 heteroatoms. The minimum Gasteiger partial charge on any atom is -0.497 e. The van der Waals surface area contributed by atoms with Crippen molar-refractivity contribution in [2.75, 3.05) is 14.2 Å². The van der Waals surface area contributed by atoms with Crippen LogP contribution in [0.3, 0.4) is 0 Å². The van der Waals surface area contributed by atoms with E-state index in [1.165, 1.54) is 33.5 Å². The Balaban J connectivity index is 1.75. The second-order valence-corrected chi connectivity index (χ2v) is 6.75. The highest BCUT2D eigenvalue weighted by Gasteiger charge is 2.28. The summed E-state index contributed by atoms with van der Waals surface area (Å²) in [6.45, 7) is 2.22. The van der Waals surface area contributed by atoms with Gasteiger partial charge in [0.2, 0.25) is 0 Å². The van der Waals surface area contributed by atoms with Crippen LogP contribution in [-0.2, 0) is 6.42 Å². The molecule has 0 spiro atoms. The van der Waals surface area contributed by atoms with Gasteiger partial charge in [-0.3, -0.25) is 4.98 Å². The van der Waals surface area contributed by atoms with Gasteiger partial charge in [0, 0.05) is 23.4 Å². The molecule has 0 saturated heterocycles. The molecule has 2 aromatic carbocycles. The summed E-state index contributed by atoms with van der Waals surface area (Å²) in [4.78, 5) is 4.79. The molecule has 0 fully saturated rings. The van der Waals surface area contributed by atoms with Crippen molar-refractivity contribution < 1.29 is 9.47 Å². The first-order valence-electron chi connectivity index (χ1n) is 8.98. The molecular formula is C23H23NO2. The highest BCUT2D eigenvalue weighted by Crippen LogP contribution is 2.42. The summed E-state index contributed by atoms with van der Waals surface area (Å²) in [5.41, 5.74) is 7.68. The van der Waals surface area contributed by atoms with E-state index in [0.29, 0.717) is 5.92 Å². The van der Waals surface area contributed by atoms with Gasteiger partial charge in [-0.25, -0.2) is 0 Å². The zero-order valence-corrected chi connectivity index (χ0v) is 15.5. The smallest absolute Gasteiger partial charge is 0.118 e. The summed E-state index contributed by atoms with van der Waals surface area (Å²) in [5.74, 6) is 2.17. The van der Waals surface area contributed by atoms with Gasteiger partial charge in [-0.05, 0) is 66.3 Å². The molecule has 1 aromatic heterocycles.